The number of hydrogen-bond acceptors (Lipinski definition) is 5. The van der Waals surface area contributed by atoms with Crippen molar-refractivity contribution in [2.75, 3.05) is 7.11 Å². The van der Waals surface area contributed by atoms with Gasteiger partial charge in [0, 0.05) is 42.8 Å². The summed E-state index contributed by atoms with van der Waals surface area (Å²) in [6.07, 6.45) is 6.80. The Balaban J connectivity index is 2.59. The maximum Gasteiger partial charge on any atom is 0.306 e. The standard InChI is InChI=1S/C22H29N3O3/c1-15(2)25(16(3)4)22(27)21(18-8-12-24-13-9-18)19(14-20(26)28-5)17-6-10-23-11-7-17/h6-13,15-16,19,21H,14H2,1-5H3. The van der Waals surface area contributed by atoms with Gasteiger partial charge in [0.25, 0.3) is 0 Å². The molecule has 0 aromatic carbocycles. The zero-order valence-electron chi connectivity index (χ0n) is 17.2. The van der Waals surface area contributed by atoms with Crippen molar-refractivity contribution < 1.29 is 14.3 Å². The van der Waals surface area contributed by atoms with E-state index in [1.807, 2.05) is 56.9 Å². The minimum Gasteiger partial charge on any atom is -0.469 e. The van der Waals surface area contributed by atoms with Crippen molar-refractivity contribution in [3.05, 3.63) is 60.2 Å². The van der Waals surface area contributed by atoms with Crippen LogP contribution in [0.15, 0.2) is 49.1 Å². The molecule has 2 atom stereocenters. The highest BCUT2D eigenvalue weighted by Crippen LogP contribution is 2.38. The average molecular weight is 383 g/mol. The van der Waals surface area contributed by atoms with E-state index in [-0.39, 0.29) is 36.3 Å². The van der Waals surface area contributed by atoms with E-state index in [9.17, 15) is 9.59 Å². The Bertz CT molecular complexity index is 755. The fourth-order valence-corrected chi connectivity index (χ4v) is 3.69. The quantitative estimate of drug-likeness (QED) is 0.652. The summed E-state index contributed by atoms with van der Waals surface area (Å²) in [4.78, 5) is 36.0. The van der Waals surface area contributed by atoms with Crippen LogP contribution < -0.4 is 0 Å². The van der Waals surface area contributed by atoms with E-state index in [0.29, 0.717) is 0 Å². The van der Waals surface area contributed by atoms with Gasteiger partial charge < -0.3 is 9.64 Å². The number of aromatic nitrogens is 2. The van der Waals surface area contributed by atoms with E-state index >= 15 is 0 Å². The van der Waals surface area contributed by atoms with Crippen LogP contribution in [0.4, 0.5) is 0 Å². The number of ether oxygens (including phenoxy) is 1. The minimum absolute atomic E-state index is 0.0121. The Morgan fingerprint density at radius 3 is 1.79 bits per heavy atom. The van der Waals surface area contributed by atoms with Crippen molar-refractivity contribution in [3.8, 4) is 0 Å². The maximum absolute atomic E-state index is 13.7. The highest BCUT2D eigenvalue weighted by Gasteiger charge is 2.37. The summed E-state index contributed by atoms with van der Waals surface area (Å²) >= 11 is 0. The van der Waals surface area contributed by atoms with Gasteiger partial charge in [-0.05, 0) is 63.1 Å². The topological polar surface area (TPSA) is 72.4 Å². The van der Waals surface area contributed by atoms with Crippen LogP contribution in [0, 0.1) is 0 Å². The molecule has 2 aromatic heterocycles. The molecule has 2 unspecified atom stereocenters. The molecule has 1 amide bonds. The lowest BCUT2D eigenvalue weighted by Gasteiger charge is -2.37. The van der Waals surface area contributed by atoms with Crippen molar-refractivity contribution in [2.24, 2.45) is 0 Å². The normalized spacial score (nSPS) is 13.2. The Hall–Kier alpha value is -2.76. The smallest absolute Gasteiger partial charge is 0.306 e. The van der Waals surface area contributed by atoms with Crippen LogP contribution in [0.2, 0.25) is 0 Å². The number of carbonyl (C=O) groups is 2. The van der Waals surface area contributed by atoms with Gasteiger partial charge in [0.1, 0.15) is 0 Å². The number of esters is 1. The zero-order valence-corrected chi connectivity index (χ0v) is 17.2. The molecule has 2 rings (SSSR count). The van der Waals surface area contributed by atoms with Gasteiger partial charge in [0.15, 0.2) is 0 Å². The SMILES string of the molecule is COC(=O)CC(c1ccncc1)C(C(=O)N(C(C)C)C(C)C)c1ccncc1. The van der Waals surface area contributed by atoms with Crippen LogP contribution >= 0.6 is 0 Å². The molecule has 0 radical (unpaired) electrons. The summed E-state index contributed by atoms with van der Waals surface area (Å²) in [6, 6.07) is 7.45. The second-order valence-electron chi connectivity index (χ2n) is 7.36. The Kier molecular flexibility index (Phi) is 7.67. The van der Waals surface area contributed by atoms with Crippen LogP contribution in [0.1, 0.15) is 57.1 Å². The third-order valence-corrected chi connectivity index (χ3v) is 4.85. The summed E-state index contributed by atoms with van der Waals surface area (Å²) < 4.78 is 4.93. The number of amides is 1. The summed E-state index contributed by atoms with van der Waals surface area (Å²) in [6.45, 7) is 8.01. The Morgan fingerprint density at radius 1 is 0.893 bits per heavy atom. The van der Waals surface area contributed by atoms with E-state index in [4.69, 9.17) is 4.74 Å². The van der Waals surface area contributed by atoms with Crippen LogP contribution in [0.25, 0.3) is 0 Å². The largest absolute Gasteiger partial charge is 0.469 e. The van der Waals surface area contributed by atoms with Crippen molar-refractivity contribution in [1.82, 2.24) is 14.9 Å². The first-order valence-electron chi connectivity index (χ1n) is 9.55. The minimum atomic E-state index is -0.533. The molecule has 6 heteroatoms. The molecular weight excluding hydrogens is 354 g/mol. The third-order valence-electron chi connectivity index (χ3n) is 4.85. The van der Waals surface area contributed by atoms with Crippen LogP contribution in [-0.2, 0) is 14.3 Å². The number of nitrogens with zero attached hydrogens (tertiary/aromatic N) is 3. The van der Waals surface area contributed by atoms with Crippen molar-refractivity contribution in [1.29, 1.82) is 0 Å². The summed E-state index contributed by atoms with van der Waals surface area (Å²) in [5.74, 6) is -1.27. The lowest BCUT2D eigenvalue weighted by Crippen LogP contribution is -2.46. The first kappa shape index (κ1) is 21.5. The molecule has 0 bridgehead atoms. The molecule has 0 saturated heterocycles. The van der Waals surface area contributed by atoms with Gasteiger partial charge in [-0.1, -0.05) is 0 Å². The van der Waals surface area contributed by atoms with Crippen LogP contribution in [0.5, 0.6) is 0 Å². The van der Waals surface area contributed by atoms with Gasteiger partial charge >= 0.3 is 5.97 Å². The van der Waals surface area contributed by atoms with Gasteiger partial charge in [-0.3, -0.25) is 19.6 Å². The molecule has 2 heterocycles. The molecule has 0 aliphatic rings. The van der Waals surface area contributed by atoms with E-state index in [0.717, 1.165) is 11.1 Å². The van der Waals surface area contributed by atoms with Gasteiger partial charge in [0.2, 0.25) is 5.91 Å². The number of hydrogen-bond donors (Lipinski definition) is 0. The van der Waals surface area contributed by atoms with Crippen molar-refractivity contribution in [3.63, 3.8) is 0 Å². The fraction of sp³-hybridized carbons (Fsp3) is 0.455. The predicted molar refractivity (Wildman–Crippen MR) is 108 cm³/mol. The molecule has 2 aromatic rings. The number of carbonyl (C=O) groups excluding carboxylic acids is 2. The lowest BCUT2D eigenvalue weighted by atomic mass is 9.78. The second-order valence-corrected chi connectivity index (χ2v) is 7.36. The average Bonchev–Trinajstić information content (AvgIpc) is 2.68. The molecular formula is C22H29N3O3. The van der Waals surface area contributed by atoms with Gasteiger partial charge in [-0.2, -0.15) is 0 Å². The van der Waals surface area contributed by atoms with E-state index < -0.39 is 5.92 Å². The lowest BCUT2D eigenvalue weighted by molar-refractivity contribution is -0.142. The van der Waals surface area contributed by atoms with Gasteiger partial charge in [0.05, 0.1) is 19.4 Å². The summed E-state index contributed by atoms with van der Waals surface area (Å²) in [5.41, 5.74) is 1.71. The van der Waals surface area contributed by atoms with Crippen molar-refractivity contribution in [2.45, 2.75) is 58.0 Å². The fourth-order valence-electron chi connectivity index (χ4n) is 3.69. The molecule has 6 nitrogen and oxygen atoms in total. The van der Waals surface area contributed by atoms with Gasteiger partial charge in [-0.25, -0.2) is 0 Å². The maximum atomic E-state index is 13.7. The van der Waals surface area contributed by atoms with Crippen LogP contribution in [0.3, 0.4) is 0 Å². The molecule has 0 fully saturated rings. The Labute approximate surface area is 167 Å². The monoisotopic (exact) mass is 383 g/mol. The number of methoxy groups -OCH3 is 1. The highest BCUT2D eigenvalue weighted by atomic mass is 16.5. The van der Waals surface area contributed by atoms with Crippen LogP contribution in [-0.4, -0.2) is 45.9 Å². The molecule has 0 saturated carbocycles. The van der Waals surface area contributed by atoms with Crippen molar-refractivity contribution >= 4 is 11.9 Å². The highest BCUT2D eigenvalue weighted by molar-refractivity contribution is 5.86. The first-order chi connectivity index (χ1) is 13.4. The Morgan fingerprint density at radius 2 is 1.36 bits per heavy atom. The molecule has 28 heavy (non-hydrogen) atoms. The molecule has 0 N–H and O–H groups in total. The molecule has 150 valence electrons. The van der Waals surface area contributed by atoms with Gasteiger partial charge in [-0.15, -0.1) is 0 Å². The second kappa shape index (κ2) is 9.97. The number of rotatable bonds is 8. The summed E-state index contributed by atoms with van der Waals surface area (Å²) in [7, 11) is 1.36. The van der Waals surface area contributed by atoms with E-state index in [1.165, 1.54) is 7.11 Å². The molecule has 0 spiro atoms. The predicted octanol–water partition coefficient (Wildman–Crippen LogP) is 3.55. The summed E-state index contributed by atoms with van der Waals surface area (Å²) in [5, 5.41) is 0. The zero-order chi connectivity index (χ0) is 20.7. The molecule has 0 aliphatic carbocycles. The van der Waals surface area contributed by atoms with E-state index in [2.05, 4.69) is 9.97 Å². The number of pyridine rings is 2. The molecule has 0 aliphatic heterocycles. The first-order valence-corrected chi connectivity index (χ1v) is 9.55. The van der Waals surface area contributed by atoms with E-state index in [1.54, 1.807) is 24.8 Å². The third kappa shape index (κ3) is 5.15.